The van der Waals surface area contributed by atoms with E-state index in [2.05, 4.69) is 0 Å². The van der Waals surface area contributed by atoms with Gasteiger partial charge in [0.15, 0.2) is 6.29 Å². The summed E-state index contributed by atoms with van der Waals surface area (Å²) in [6.07, 6.45) is -6.11. The number of aliphatic hydroxyl groups is 3. The summed E-state index contributed by atoms with van der Waals surface area (Å²) >= 11 is 0. The molecular weight excluding hydrogens is 268 g/mol. The van der Waals surface area contributed by atoms with Gasteiger partial charge in [-0.25, -0.2) is 4.79 Å². The number of hydrogen-bond acceptors (Lipinski definition) is 7. The molecule has 1 aromatic carbocycles. The van der Waals surface area contributed by atoms with E-state index in [1.165, 1.54) is 0 Å². The van der Waals surface area contributed by atoms with Crippen molar-refractivity contribution in [3.63, 3.8) is 0 Å². The molecule has 0 spiro atoms. The molecule has 0 amide bonds. The molecule has 0 aromatic heterocycles. The third-order valence-corrected chi connectivity index (χ3v) is 2.90. The van der Waals surface area contributed by atoms with Gasteiger partial charge in [-0.1, -0.05) is 30.3 Å². The maximum absolute atomic E-state index is 11.3. The first-order chi connectivity index (χ1) is 9.58. The van der Waals surface area contributed by atoms with Gasteiger partial charge in [-0.3, -0.25) is 0 Å². The van der Waals surface area contributed by atoms with Gasteiger partial charge in [0.1, 0.15) is 31.5 Å². The highest BCUT2D eigenvalue weighted by Gasteiger charge is 2.42. The fourth-order valence-corrected chi connectivity index (χ4v) is 1.77. The SMILES string of the molecule is O=C(OCc1ccccc1)OC[C@@H]1OC(O)[C@H](O)[C@H]1O. The summed E-state index contributed by atoms with van der Waals surface area (Å²) in [5.74, 6) is 0. The Morgan fingerprint density at radius 3 is 2.40 bits per heavy atom. The molecule has 7 nitrogen and oxygen atoms in total. The third-order valence-electron chi connectivity index (χ3n) is 2.90. The summed E-state index contributed by atoms with van der Waals surface area (Å²) in [6, 6.07) is 9.07. The number of carbonyl (C=O) groups excluding carboxylic acids is 1. The first-order valence-electron chi connectivity index (χ1n) is 6.11. The Morgan fingerprint density at radius 1 is 1.10 bits per heavy atom. The second-order valence-electron chi connectivity index (χ2n) is 4.38. The lowest BCUT2D eigenvalue weighted by molar-refractivity contribution is -0.134. The van der Waals surface area contributed by atoms with Crippen molar-refractivity contribution in [1.29, 1.82) is 0 Å². The third kappa shape index (κ3) is 3.67. The second-order valence-corrected chi connectivity index (χ2v) is 4.38. The molecule has 2 rings (SSSR count). The lowest BCUT2D eigenvalue weighted by atomic mass is 10.1. The van der Waals surface area contributed by atoms with E-state index in [4.69, 9.17) is 19.3 Å². The van der Waals surface area contributed by atoms with Gasteiger partial charge in [0, 0.05) is 0 Å². The number of rotatable bonds is 4. The van der Waals surface area contributed by atoms with Crippen LogP contribution in [0.15, 0.2) is 30.3 Å². The fraction of sp³-hybridized carbons (Fsp3) is 0.462. The van der Waals surface area contributed by atoms with E-state index < -0.39 is 30.8 Å². The Hall–Kier alpha value is -1.67. The zero-order valence-corrected chi connectivity index (χ0v) is 10.6. The number of benzene rings is 1. The Bertz CT molecular complexity index is 436. The minimum absolute atomic E-state index is 0.0685. The molecule has 1 saturated heterocycles. The van der Waals surface area contributed by atoms with Crippen LogP contribution in [-0.4, -0.2) is 52.7 Å². The summed E-state index contributed by atoms with van der Waals surface area (Å²) in [5, 5.41) is 27.9. The van der Waals surface area contributed by atoms with Crippen molar-refractivity contribution in [2.45, 2.75) is 31.2 Å². The number of hydrogen-bond donors (Lipinski definition) is 3. The molecule has 1 aliphatic heterocycles. The van der Waals surface area contributed by atoms with Crippen LogP contribution in [0.4, 0.5) is 4.79 Å². The van der Waals surface area contributed by atoms with E-state index in [9.17, 15) is 15.0 Å². The van der Waals surface area contributed by atoms with Gasteiger partial charge in [0.05, 0.1) is 0 Å². The highest BCUT2D eigenvalue weighted by Crippen LogP contribution is 2.19. The highest BCUT2D eigenvalue weighted by molar-refractivity contribution is 5.59. The van der Waals surface area contributed by atoms with Gasteiger partial charge in [-0.15, -0.1) is 0 Å². The lowest BCUT2D eigenvalue weighted by Gasteiger charge is -2.14. The summed E-state index contributed by atoms with van der Waals surface area (Å²) in [5.41, 5.74) is 0.812. The minimum atomic E-state index is -1.49. The van der Waals surface area contributed by atoms with Crippen LogP contribution in [0, 0.1) is 0 Å². The van der Waals surface area contributed by atoms with E-state index in [1.807, 2.05) is 18.2 Å². The van der Waals surface area contributed by atoms with Crippen LogP contribution in [-0.2, 0) is 20.8 Å². The molecule has 3 N–H and O–H groups in total. The van der Waals surface area contributed by atoms with Crippen molar-refractivity contribution in [2.75, 3.05) is 6.61 Å². The first-order valence-corrected chi connectivity index (χ1v) is 6.11. The molecule has 7 heteroatoms. The molecule has 1 heterocycles. The number of aliphatic hydroxyl groups excluding tert-OH is 3. The molecule has 0 bridgehead atoms. The van der Waals surface area contributed by atoms with E-state index in [1.54, 1.807) is 12.1 Å². The predicted octanol–water partition coefficient (Wildman–Crippen LogP) is -0.221. The molecule has 20 heavy (non-hydrogen) atoms. The summed E-state index contributed by atoms with van der Waals surface area (Å²) in [4.78, 5) is 11.3. The molecular formula is C13H16O7. The fourth-order valence-electron chi connectivity index (χ4n) is 1.77. The number of ether oxygens (including phenoxy) is 3. The van der Waals surface area contributed by atoms with Gasteiger partial charge < -0.3 is 29.5 Å². The van der Waals surface area contributed by atoms with E-state index in [-0.39, 0.29) is 13.2 Å². The van der Waals surface area contributed by atoms with Gasteiger partial charge in [-0.05, 0) is 5.56 Å². The minimum Gasteiger partial charge on any atom is -0.431 e. The van der Waals surface area contributed by atoms with E-state index in [0.29, 0.717) is 0 Å². The standard InChI is InChI=1S/C13H16O7/c14-10-9(20-12(16)11(10)15)7-19-13(17)18-6-8-4-2-1-3-5-8/h1-5,9-12,14-16H,6-7H2/t9-,10-,11+,12?/m0/s1. The molecule has 0 aliphatic carbocycles. The topological polar surface area (TPSA) is 105 Å². The monoisotopic (exact) mass is 284 g/mol. The van der Waals surface area contributed by atoms with Crippen molar-refractivity contribution >= 4 is 6.16 Å². The Balaban J connectivity index is 1.71. The summed E-state index contributed by atoms with van der Waals surface area (Å²) in [7, 11) is 0. The van der Waals surface area contributed by atoms with Crippen molar-refractivity contribution < 1.29 is 34.3 Å². The van der Waals surface area contributed by atoms with Crippen molar-refractivity contribution in [1.82, 2.24) is 0 Å². The largest absolute Gasteiger partial charge is 0.508 e. The smallest absolute Gasteiger partial charge is 0.431 e. The van der Waals surface area contributed by atoms with Crippen LogP contribution in [0.3, 0.4) is 0 Å². The zero-order chi connectivity index (χ0) is 14.5. The maximum atomic E-state index is 11.3. The molecule has 110 valence electrons. The first kappa shape index (κ1) is 14.7. The molecule has 1 fully saturated rings. The van der Waals surface area contributed by atoms with Crippen LogP contribution in [0.25, 0.3) is 0 Å². The predicted molar refractivity (Wildman–Crippen MR) is 65.5 cm³/mol. The molecule has 1 unspecified atom stereocenters. The average Bonchev–Trinajstić information content (AvgIpc) is 2.71. The maximum Gasteiger partial charge on any atom is 0.508 e. The van der Waals surface area contributed by atoms with E-state index >= 15 is 0 Å². The van der Waals surface area contributed by atoms with Crippen LogP contribution in [0.2, 0.25) is 0 Å². The Kier molecular flexibility index (Phi) is 4.91. The quantitative estimate of drug-likeness (QED) is 0.656. The molecule has 1 aromatic rings. The van der Waals surface area contributed by atoms with Gasteiger partial charge in [0.2, 0.25) is 0 Å². The van der Waals surface area contributed by atoms with Gasteiger partial charge >= 0.3 is 6.16 Å². The van der Waals surface area contributed by atoms with Crippen LogP contribution < -0.4 is 0 Å². The average molecular weight is 284 g/mol. The Morgan fingerprint density at radius 2 is 1.80 bits per heavy atom. The van der Waals surface area contributed by atoms with E-state index in [0.717, 1.165) is 5.56 Å². The second kappa shape index (κ2) is 6.67. The van der Waals surface area contributed by atoms with Crippen LogP contribution >= 0.6 is 0 Å². The van der Waals surface area contributed by atoms with Crippen molar-refractivity contribution in [3.8, 4) is 0 Å². The summed E-state index contributed by atoms with van der Waals surface area (Å²) in [6.45, 7) is -0.248. The van der Waals surface area contributed by atoms with Crippen molar-refractivity contribution in [3.05, 3.63) is 35.9 Å². The van der Waals surface area contributed by atoms with Crippen molar-refractivity contribution in [2.24, 2.45) is 0 Å². The van der Waals surface area contributed by atoms with Crippen LogP contribution in [0.5, 0.6) is 0 Å². The molecule has 4 atom stereocenters. The molecule has 0 radical (unpaired) electrons. The lowest BCUT2D eigenvalue weighted by Crippen LogP contribution is -2.34. The molecule has 1 aliphatic rings. The zero-order valence-electron chi connectivity index (χ0n) is 10.6. The highest BCUT2D eigenvalue weighted by atomic mass is 16.7. The van der Waals surface area contributed by atoms with Crippen LogP contribution in [0.1, 0.15) is 5.56 Å². The molecule has 0 saturated carbocycles. The van der Waals surface area contributed by atoms with Gasteiger partial charge in [0.25, 0.3) is 0 Å². The normalized spacial score (nSPS) is 29.1. The Labute approximate surface area is 115 Å². The number of carbonyl (C=O) groups is 1. The summed E-state index contributed by atoms with van der Waals surface area (Å²) < 4.78 is 14.4. The van der Waals surface area contributed by atoms with Gasteiger partial charge in [-0.2, -0.15) is 0 Å².